The number of halogens is 1. The van der Waals surface area contributed by atoms with Crippen molar-refractivity contribution in [1.82, 2.24) is 4.90 Å². The maximum atomic E-state index is 12.4. The second-order valence-corrected chi connectivity index (χ2v) is 6.02. The zero-order valence-corrected chi connectivity index (χ0v) is 12.3. The van der Waals surface area contributed by atoms with Gasteiger partial charge in [0.05, 0.1) is 6.10 Å². The second kappa shape index (κ2) is 5.41. The van der Waals surface area contributed by atoms with Gasteiger partial charge in [-0.2, -0.15) is 0 Å². The van der Waals surface area contributed by atoms with Gasteiger partial charge in [0.15, 0.2) is 0 Å². The first-order valence-electron chi connectivity index (χ1n) is 6.22. The Morgan fingerprint density at radius 2 is 2.17 bits per heavy atom. The minimum absolute atomic E-state index is 0.00495. The van der Waals surface area contributed by atoms with Crippen LogP contribution in [0.4, 0.5) is 0 Å². The van der Waals surface area contributed by atoms with E-state index in [1.165, 1.54) is 0 Å². The number of aliphatic hydroxyl groups excluding tert-OH is 1. The number of piperidine rings is 1. The number of amides is 1. The van der Waals surface area contributed by atoms with E-state index in [9.17, 15) is 9.90 Å². The number of nitrogens with zero attached hydrogens (tertiary/aromatic N) is 1. The lowest BCUT2D eigenvalue weighted by Crippen LogP contribution is -2.45. The fourth-order valence-corrected chi connectivity index (χ4v) is 2.88. The normalized spacial score (nSPS) is 24.1. The number of likely N-dealkylation sites (tertiary alicyclic amines) is 1. The molecule has 1 aliphatic rings. The highest BCUT2D eigenvalue weighted by atomic mass is 79.9. The maximum absolute atomic E-state index is 12.4. The van der Waals surface area contributed by atoms with Gasteiger partial charge in [-0.3, -0.25) is 4.79 Å². The van der Waals surface area contributed by atoms with Crippen LogP contribution in [0.5, 0.6) is 0 Å². The summed E-state index contributed by atoms with van der Waals surface area (Å²) in [6, 6.07) is 5.70. The van der Waals surface area contributed by atoms with Gasteiger partial charge in [-0.05, 0) is 43.0 Å². The second-order valence-electron chi connectivity index (χ2n) is 5.10. The van der Waals surface area contributed by atoms with Crippen molar-refractivity contribution in [2.75, 3.05) is 13.1 Å². The van der Waals surface area contributed by atoms with Gasteiger partial charge in [-0.1, -0.05) is 22.9 Å². The molecule has 0 bridgehead atoms. The first-order valence-corrected chi connectivity index (χ1v) is 7.01. The van der Waals surface area contributed by atoms with Crippen LogP contribution in [0.15, 0.2) is 22.7 Å². The predicted octanol–water partition coefficient (Wildman–Crippen LogP) is 2.60. The van der Waals surface area contributed by atoms with Gasteiger partial charge in [0.25, 0.3) is 5.91 Å². The largest absolute Gasteiger partial charge is 0.391 e. The maximum Gasteiger partial charge on any atom is 0.253 e. The van der Waals surface area contributed by atoms with E-state index in [4.69, 9.17) is 0 Å². The molecule has 3 nitrogen and oxygen atoms in total. The molecule has 1 amide bonds. The van der Waals surface area contributed by atoms with E-state index in [1.807, 2.05) is 32.0 Å². The van der Waals surface area contributed by atoms with E-state index in [0.717, 1.165) is 23.0 Å². The van der Waals surface area contributed by atoms with Gasteiger partial charge in [-0.25, -0.2) is 0 Å². The minimum atomic E-state index is -0.407. The number of carbonyl (C=O) groups excluding carboxylic acids is 1. The molecule has 0 aromatic heterocycles. The summed E-state index contributed by atoms with van der Waals surface area (Å²) in [4.78, 5) is 14.1. The van der Waals surface area contributed by atoms with Crippen LogP contribution >= 0.6 is 15.9 Å². The number of hydrogen-bond acceptors (Lipinski definition) is 2. The summed E-state index contributed by atoms with van der Waals surface area (Å²) in [6.45, 7) is 5.15. The average Bonchev–Trinajstić information content (AvgIpc) is 2.30. The molecule has 1 fully saturated rings. The van der Waals surface area contributed by atoms with E-state index in [2.05, 4.69) is 15.9 Å². The van der Waals surface area contributed by atoms with Crippen molar-refractivity contribution in [3.05, 3.63) is 33.8 Å². The molecule has 0 aliphatic carbocycles. The Morgan fingerprint density at radius 3 is 2.78 bits per heavy atom. The lowest BCUT2D eigenvalue weighted by atomic mass is 9.95. The van der Waals surface area contributed by atoms with Crippen molar-refractivity contribution in [3.8, 4) is 0 Å². The Bertz CT molecular complexity index is 441. The summed E-state index contributed by atoms with van der Waals surface area (Å²) in [7, 11) is 0. The lowest BCUT2D eigenvalue weighted by molar-refractivity contribution is 0.0248. The van der Waals surface area contributed by atoms with Crippen LogP contribution in [0.3, 0.4) is 0 Å². The minimum Gasteiger partial charge on any atom is -0.391 e. The van der Waals surface area contributed by atoms with Gasteiger partial charge < -0.3 is 10.0 Å². The molecule has 1 heterocycles. The fourth-order valence-electron chi connectivity index (χ4n) is 2.28. The van der Waals surface area contributed by atoms with Gasteiger partial charge in [0.2, 0.25) is 0 Å². The van der Waals surface area contributed by atoms with Crippen molar-refractivity contribution in [3.63, 3.8) is 0 Å². The molecule has 0 spiro atoms. The third-order valence-corrected chi connectivity index (χ3v) is 3.95. The Kier molecular flexibility index (Phi) is 4.07. The highest BCUT2D eigenvalue weighted by molar-refractivity contribution is 9.10. The molecule has 0 radical (unpaired) electrons. The van der Waals surface area contributed by atoms with Gasteiger partial charge in [0, 0.05) is 23.1 Å². The number of hydrogen-bond donors (Lipinski definition) is 1. The van der Waals surface area contributed by atoms with Crippen LogP contribution in [0.2, 0.25) is 0 Å². The van der Waals surface area contributed by atoms with Gasteiger partial charge in [-0.15, -0.1) is 0 Å². The smallest absolute Gasteiger partial charge is 0.253 e. The van der Waals surface area contributed by atoms with Crippen molar-refractivity contribution >= 4 is 21.8 Å². The third kappa shape index (κ3) is 2.93. The highest BCUT2D eigenvalue weighted by Gasteiger charge is 2.27. The zero-order valence-electron chi connectivity index (χ0n) is 10.7. The van der Waals surface area contributed by atoms with Crippen LogP contribution < -0.4 is 0 Å². The molecule has 18 heavy (non-hydrogen) atoms. The molecule has 1 aromatic carbocycles. The van der Waals surface area contributed by atoms with Crippen LogP contribution in [0.25, 0.3) is 0 Å². The average molecular weight is 312 g/mol. The predicted molar refractivity (Wildman–Crippen MR) is 74.6 cm³/mol. The molecule has 4 heteroatoms. The van der Waals surface area contributed by atoms with Crippen LogP contribution in [0, 0.1) is 12.8 Å². The summed E-state index contributed by atoms with van der Waals surface area (Å²) in [6.07, 6.45) is 0.454. The number of aliphatic hydroxyl groups is 1. The molecule has 1 aromatic rings. The molecule has 0 saturated carbocycles. The van der Waals surface area contributed by atoms with Crippen LogP contribution in [-0.4, -0.2) is 35.1 Å². The number of aryl methyl sites for hydroxylation is 1. The molecule has 1 saturated heterocycles. The molecule has 2 atom stereocenters. The monoisotopic (exact) mass is 311 g/mol. The molecule has 98 valence electrons. The quantitative estimate of drug-likeness (QED) is 0.866. The number of benzene rings is 1. The fraction of sp³-hybridized carbons (Fsp3) is 0.500. The summed E-state index contributed by atoms with van der Waals surface area (Å²) in [5.41, 5.74) is 1.74. The first-order chi connectivity index (χ1) is 8.47. The van der Waals surface area contributed by atoms with Gasteiger partial charge >= 0.3 is 0 Å². The molecule has 1 N–H and O–H groups in total. The van der Waals surface area contributed by atoms with Crippen molar-refractivity contribution in [2.45, 2.75) is 26.4 Å². The summed E-state index contributed by atoms with van der Waals surface area (Å²) < 4.78 is 0.914. The molecule has 1 aliphatic heterocycles. The topological polar surface area (TPSA) is 40.5 Å². The summed E-state index contributed by atoms with van der Waals surface area (Å²) >= 11 is 3.41. The molecule has 0 unspecified atom stereocenters. The van der Waals surface area contributed by atoms with Crippen molar-refractivity contribution in [2.24, 2.45) is 5.92 Å². The summed E-state index contributed by atoms with van der Waals surface area (Å²) in [5.74, 6) is 0.281. The van der Waals surface area contributed by atoms with E-state index in [0.29, 0.717) is 12.1 Å². The molecular weight excluding hydrogens is 294 g/mol. The van der Waals surface area contributed by atoms with Crippen LogP contribution in [-0.2, 0) is 0 Å². The Hall–Kier alpha value is -0.870. The number of β-amino-alcohol motifs (C(OH)–C–C–N with tert-alkyl or cyclic N) is 1. The van der Waals surface area contributed by atoms with E-state index in [1.54, 1.807) is 4.90 Å². The number of rotatable bonds is 1. The van der Waals surface area contributed by atoms with Crippen LogP contribution in [0.1, 0.15) is 29.3 Å². The Morgan fingerprint density at radius 1 is 1.44 bits per heavy atom. The van der Waals surface area contributed by atoms with E-state index in [-0.39, 0.29) is 11.8 Å². The Balaban J connectivity index is 2.16. The van der Waals surface area contributed by atoms with E-state index < -0.39 is 6.10 Å². The lowest BCUT2D eigenvalue weighted by Gasteiger charge is -2.34. The first kappa shape index (κ1) is 13.6. The number of carbonyl (C=O) groups is 1. The Labute approximate surface area is 116 Å². The van der Waals surface area contributed by atoms with Crippen molar-refractivity contribution < 1.29 is 9.90 Å². The zero-order chi connectivity index (χ0) is 13.3. The van der Waals surface area contributed by atoms with Crippen molar-refractivity contribution in [1.29, 1.82) is 0 Å². The molecule has 2 rings (SSSR count). The van der Waals surface area contributed by atoms with E-state index >= 15 is 0 Å². The SMILES string of the molecule is Cc1cc(Br)cc(C(=O)N2CC[C@H](C)[C@@H](O)C2)c1. The third-order valence-electron chi connectivity index (χ3n) is 3.49. The highest BCUT2D eigenvalue weighted by Crippen LogP contribution is 2.21. The summed E-state index contributed by atoms with van der Waals surface area (Å²) in [5, 5.41) is 9.85. The molecular formula is C14H18BrNO2. The van der Waals surface area contributed by atoms with Gasteiger partial charge in [0.1, 0.15) is 0 Å². The standard InChI is InChI=1S/C14H18BrNO2/c1-9-5-11(7-12(15)6-9)14(18)16-4-3-10(2)13(17)8-16/h5-7,10,13,17H,3-4,8H2,1-2H3/t10-,13-/m0/s1.